The van der Waals surface area contributed by atoms with E-state index in [4.69, 9.17) is 9.57 Å². The lowest BCUT2D eigenvalue weighted by molar-refractivity contribution is -0.169. The number of fused-ring (bicyclic) bond motifs is 1. The number of alkyl halides is 3. The number of hydroxylamine groups is 1. The molecule has 0 saturated carbocycles. The summed E-state index contributed by atoms with van der Waals surface area (Å²) in [5.74, 6) is -0.743. The molecule has 0 spiro atoms. The minimum absolute atomic E-state index is 0.0492. The number of amides is 1. The first kappa shape index (κ1) is 19.6. The third-order valence-corrected chi connectivity index (χ3v) is 5.43. The monoisotopic (exact) mass is 400 g/mol. The molecule has 4 N–H and O–H groups in total. The number of aryl methyl sites for hydroxylation is 1. The molecule has 10 heteroatoms. The van der Waals surface area contributed by atoms with Gasteiger partial charge in [-0.3, -0.25) is 20.3 Å². The largest absolute Gasteiger partial charge is 0.406 e. The van der Waals surface area contributed by atoms with Crippen LogP contribution in [0.4, 0.5) is 13.2 Å². The quantitative estimate of drug-likeness (QED) is 0.614. The maximum Gasteiger partial charge on any atom is 0.406 e. The summed E-state index contributed by atoms with van der Waals surface area (Å²) in [4.78, 5) is 17.8. The third kappa shape index (κ3) is 3.74. The third-order valence-electron chi connectivity index (χ3n) is 5.43. The van der Waals surface area contributed by atoms with Crippen LogP contribution < -0.4 is 21.4 Å². The number of carbonyl (C=O) groups excluding carboxylic acids is 1. The lowest BCUT2D eigenvalue weighted by atomic mass is 10.0. The van der Waals surface area contributed by atoms with Crippen LogP contribution >= 0.6 is 0 Å². The van der Waals surface area contributed by atoms with Gasteiger partial charge in [-0.15, -0.1) is 0 Å². The Kier molecular flexibility index (Phi) is 5.32. The lowest BCUT2D eigenvalue weighted by Gasteiger charge is -2.22. The van der Waals surface area contributed by atoms with Gasteiger partial charge in [-0.25, -0.2) is 0 Å². The van der Waals surface area contributed by atoms with Crippen LogP contribution in [0.25, 0.3) is 0 Å². The summed E-state index contributed by atoms with van der Waals surface area (Å²) in [6.07, 6.45) is -4.06. The van der Waals surface area contributed by atoms with Gasteiger partial charge in [0.05, 0.1) is 12.8 Å². The van der Waals surface area contributed by atoms with Crippen LogP contribution in [0, 0.1) is 0 Å². The SMILES string of the molecule is CCC1NC(c2ccc3c(c2)CC[C@H]3NC(=O)C2OCNC2C(F)(F)F)NO1. The molecule has 154 valence electrons. The highest BCUT2D eigenvalue weighted by molar-refractivity contribution is 5.82. The first-order chi connectivity index (χ1) is 13.4. The van der Waals surface area contributed by atoms with Crippen molar-refractivity contribution in [1.82, 2.24) is 21.4 Å². The second kappa shape index (κ2) is 7.60. The normalized spacial score (nSPS) is 32.5. The number of ether oxygens (including phenoxy) is 1. The number of carbonyl (C=O) groups is 1. The van der Waals surface area contributed by atoms with E-state index in [1.54, 1.807) is 0 Å². The highest BCUT2D eigenvalue weighted by atomic mass is 19.4. The molecule has 1 aromatic rings. The van der Waals surface area contributed by atoms with Gasteiger partial charge in [-0.1, -0.05) is 25.1 Å². The molecule has 1 amide bonds. The zero-order valence-corrected chi connectivity index (χ0v) is 15.3. The van der Waals surface area contributed by atoms with E-state index in [-0.39, 0.29) is 25.2 Å². The van der Waals surface area contributed by atoms with Crippen LogP contribution in [-0.4, -0.2) is 37.2 Å². The van der Waals surface area contributed by atoms with Gasteiger partial charge < -0.3 is 10.1 Å². The van der Waals surface area contributed by atoms with Crippen molar-refractivity contribution in [2.75, 3.05) is 6.73 Å². The number of hydrogen-bond donors (Lipinski definition) is 4. The summed E-state index contributed by atoms with van der Waals surface area (Å²) in [6, 6.07) is 3.59. The minimum Gasteiger partial charge on any atom is -0.351 e. The number of hydrogen-bond acceptors (Lipinski definition) is 6. The molecule has 1 aliphatic carbocycles. The predicted molar refractivity (Wildman–Crippen MR) is 92.5 cm³/mol. The predicted octanol–water partition coefficient (Wildman–Crippen LogP) is 1.53. The molecule has 7 nitrogen and oxygen atoms in total. The molecular weight excluding hydrogens is 377 g/mol. The van der Waals surface area contributed by atoms with E-state index in [0.717, 1.165) is 29.5 Å². The molecule has 4 unspecified atom stereocenters. The number of nitrogens with one attached hydrogen (secondary N) is 4. The van der Waals surface area contributed by atoms with Crippen LogP contribution in [0.3, 0.4) is 0 Å². The van der Waals surface area contributed by atoms with Gasteiger partial charge in [0.1, 0.15) is 18.4 Å². The van der Waals surface area contributed by atoms with Gasteiger partial charge in [0, 0.05) is 0 Å². The molecule has 2 heterocycles. The Morgan fingerprint density at radius 3 is 2.89 bits per heavy atom. The molecule has 2 fully saturated rings. The number of benzene rings is 1. The standard InChI is InChI=1S/C18H23F3N4O3/c1-2-13-24-16(25-28-13)10-3-5-11-9(7-10)4-6-12(11)23-17(26)14-15(18(19,20)21)22-8-27-14/h3,5,7,12-16,22,24-25H,2,4,6,8H2,1H3,(H,23,26)/t12-,13?,14?,15?,16?/m1/s1. The summed E-state index contributed by atoms with van der Waals surface area (Å²) in [7, 11) is 0. The summed E-state index contributed by atoms with van der Waals surface area (Å²) >= 11 is 0. The highest BCUT2D eigenvalue weighted by Gasteiger charge is 2.51. The summed E-state index contributed by atoms with van der Waals surface area (Å²) < 4.78 is 44.1. The Morgan fingerprint density at radius 2 is 2.18 bits per heavy atom. The summed E-state index contributed by atoms with van der Waals surface area (Å²) in [5.41, 5.74) is 5.97. The van der Waals surface area contributed by atoms with E-state index in [0.29, 0.717) is 6.42 Å². The zero-order valence-electron chi connectivity index (χ0n) is 15.3. The summed E-state index contributed by atoms with van der Waals surface area (Å²) in [5, 5.41) is 8.22. The fraction of sp³-hybridized carbons (Fsp3) is 0.611. The van der Waals surface area contributed by atoms with Crippen LogP contribution in [0.5, 0.6) is 0 Å². The second-order valence-electron chi connectivity index (χ2n) is 7.25. The van der Waals surface area contributed by atoms with E-state index in [1.807, 2.05) is 25.1 Å². The molecule has 0 radical (unpaired) electrons. The fourth-order valence-corrected chi connectivity index (χ4v) is 3.94. The smallest absolute Gasteiger partial charge is 0.351 e. The molecule has 4 rings (SSSR count). The maximum atomic E-state index is 13.0. The van der Waals surface area contributed by atoms with Gasteiger partial charge in [0.2, 0.25) is 0 Å². The zero-order chi connectivity index (χ0) is 19.9. The van der Waals surface area contributed by atoms with Gasteiger partial charge in [0.25, 0.3) is 5.91 Å². The average Bonchev–Trinajstić information content (AvgIpc) is 3.40. The molecule has 3 aliphatic rings. The average molecular weight is 400 g/mol. The van der Waals surface area contributed by atoms with Crippen molar-refractivity contribution in [1.29, 1.82) is 0 Å². The van der Waals surface area contributed by atoms with E-state index in [2.05, 4.69) is 21.4 Å². The molecule has 5 atom stereocenters. The van der Waals surface area contributed by atoms with Crippen LogP contribution in [0.1, 0.15) is 48.7 Å². The molecule has 0 aromatic heterocycles. The minimum atomic E-state index is -4.54. The Bertz CT molecular complexity index is 745. The van der Waals surface area contributed by atoms with E-state index >= 15 is 0 Å². The van der Waals surface area contributed by atoms with Gasteiger partial charge in [-0.05, 0) is 36.0 Å². The molecule has 28 heavy (non-hydrogen) atoms. The van der Waals surface area contributed by atoms with E-state index < -0.39 is 24.2 Å². The Morgan fingerprint density at radius 1 is 1.36 bits per heavy atom. The first-order valence-electron chi connectivity index (χ1n) is 9.39. The van der Waals surface area contributed by atoms with Gasteiger partial charge in [-0.2, -0.15) is 18.7 Å². The molecule has 2 saturated heterocycles. The lowest BCUT2D eigenvalue weighted by Crippen LogP contribution is -2.51. The van der Waals surface area contributed by atoms with Crippen molar-refractivity contribution in [2.24, 2.45) is 0 Å². The second-order valence-corrected chi connectivity index (χ2v) is 7.25. The van der Waals surface area contributed by atoms with Crippen molar-refractivity contribution in [3.8, 4) is 0 Å². The Balaban J connectivity index is 1.43. The van der Waals surface area contributed by atoms with Crippen molar-refractivity contribution < 1.29 is 27.5 Å². The van der Waals surface area contributed by atoms with Crippen LogP contribution in [-0.2, 0) is 20.8 Å². The number of rotatable bonds is 4. The first-order valence-corrected chi connectivity index (χ1v) is 9.39. The Labute approximate surface area is 160 Å². The van der Waals surface area contributed by atoms with Crippen LogP contribution in [0.15, 0.2) is 18.2 Å². The van der Waals surface area contributed by atoms with Crippen molar-refractivity contribution in [2.45, 2.75) is 62.9 Å². The van der Waals surface area contributed by atoms with Crippen LogP contribution in [0.2, 0.25) is 0 Å². The molecule has 0 bridgehead atoms. The van der Waals surface area contributed by atoms with E-state index in [9.17, 15) is 18.0 Å². The molecular formula is C18H23F3N4O3. The van der Waals surface area contributed by atoms with Crippen molar-refractivity contribution >= 4 is 5.91 Å². The molecule has 2 aliphatic heterocycles. The highest BCUT2D eigenvalue weighted by Crippen LogP contribution is 2.34. The molecule has 1 aromatic carbocycles. The summed E-state index contributed by atoms with van der Waals surface area (Å²) in [6.45, 7) is 1.72. The topological polar surface area (TPSA) is 83.7 Å². The fourth-order valence-electron chi connectivity index (χ4n) is 3.94. The van der Waals surface area contributed by atoms with E-state index in [1.165, 1.54) is 0 Å². The van der Waals surface area contributed by atoms with Crippen molar-refractivity contribution in [3.05, 3.63) is 34.9 Å². The number of halogens is 3. The Hall–Kier alpha value is -1.72. The van der Waals surface area contributed by atoms with Crippen molar-refractivity contribution in [3.63, 3.8) is 0 Å². The van der Waals surface area contributed by atoms with Gasteiger partial charge >= 0.3 is 6.18 Å². The maximum absolute atomic E-state index is 13.0. The van der Waals surface area contributed by atoms with Gasteiger partial charge in [0.15, 0.2) is 6.10 Å².